The van der Waals surface area contributed by atoms with Crippen molar-refractivity contribution in [2.24, 2.45) is 11.8 Å². The van der Waals surface area contributed by atoms with Crippen LogP contribution in [0.25, 0.3) is 0 Å². The molecule has 2 bridgehead atoms. The van der Waals surface area contributed by atoms with E-state index in [1.165, 1.54) is 0 Å². The lowest BCUT2D eigenvalue weighted by atomic mass is 9.58. The Morgan fingerprint density at radius 2 is 1.96 bits per heavy atom. The fraction of sp³-hybridized carbons (Fsp3) is 0.619. The minimum Gasteiger partial charge on any atom is -0.508 e. The van der Waals surface area contributed by atoms with Crippen molar-refractivity contribution in [2.45, 2.75) is 63.6 Å². The number of ketones is 1. The standard InChI is InChI=1S/C21H24F3NO3/c1-11-16-8-13-7-14(9-17(26)12-3-4-12)18(27)10-15(13)20(11,2)5-6-25(16)19(28)21(22,23)24/h7,10-12,16,27H,3-6,8-9H2,1-2H3/t11-,16-,20-/m1/s1. The number of phenols is 1. The third kappa shape index (κ3) is 2.99. The van der Waals surface area contributed by atoms with Gasteiger partial charge in [0.2, 0.25) is 0 Å². The SMILES string of the molecule is C[C@@H]1[C@H]2Cc3cc(CC(=O)C4CC4)c(O)cc3[C@]1(C)CCN2C(=O)C(F)(F)F. The fourth-order valence-corrected chi connectivity index (χ4v) is 5.01. The fourth-order valence-electron chi connectivity index (χ4n) is 5.01. The first-order valence-electron chi connectivity index (χ1n) is 9.78. The van der Waals surface area contributed by atoms with Gasteiger partial charge in [0.1, 0.15) is 11.5 Å². The highest BCUT2D eigenvalue weighted by Crippen LogP contribution is 2.50. The Balaban J connectivity index is 1.70. The summed E-state index contributed by atoms with van der Waals surface area (Å²) in [6.45, 7) is 3.92. The van der Waals surface area contributed by atoms with E-state index in [9.17, 15) is 27.9 Å². The molecule has 0 spiro atoms. The second-order valence-electron chi connectivity index (χ2n) is 8.78. The quantitative estimate of drug-likeness (QED) is 0.852. The van der Waals surface area contributed by atoms with E-state index in [-0.39, 0.29) is 36.3 Å². The molecular formula is C21H24F3NO3. The van der Waals surface area contributed by atoms with Gasteiger partial charge in [-0.2, -0.15) is 13.2 Å². The molecule has 0 radical (unpaired) electrons. The van der Waals surface area contributed by atoms with Gasteiger partial charge in [0.05, 0.1) is 0 Å². The number of amides is 1. The van der Waals surface area contributed by atoms with Crippen LogP contribution < -0.4 is 0 Å². The van der Waals surface area contributed by atoms with Crippen LogP contribution in [-0.4, -0.2) is 40.5 Å². The third-order valence-corrected chi connectivity index (χ3v) is 7.10. The van der Waals surface area contributed by atoms with Gasteiger partial charge in [-0.05, 0) is 54.2 Å². The van der Waals surface area contributed by atoms with E-state index in [0.29, 0.717) is 18.4 Å². The zero-order valence-corrected chi connectivity index (χ0v) is 16.0. The molecule has 28 heavy (non-hydrogen) atoms. The number of piperidine rings is 1. The van der Waals surface area contributed by atoms with E-state index in [1.54, 1.807) is 12.1 Å². The Morgan fingerprint density at radius 1 is 1.29 bits per heavy atom. The van der Waals surface area contributed by atoms with Crippen molar-refractivity contribution in [3.63, 3.8) is 0 Å². The summed E-state index contributed by atoms with van der Waals surface area (Å²) < 4.78 is 39.2. The maximum absolute atomic E-state index is 13.1. The van der Waals surface area contributed by atoms with Crippen LogP contribution in [0.15, 0.2) is 12.1 Å². The summed E-state index contributed by atoms with van der Waals surface area (Å²) in [5, 5.41) is 10.5. The lowest BCUT2D eigenvalue weighted by Gasteiger charge is -2.54. The lowest BCUT2D eigenvalue weighted by Crippen LogP contribution is -2.61. The van der Waals surface area contributed by atoms with Crippen molar-refractivity contribution in [3.8, 4) is 5.75 Å². The second kappa shape index (κ2) is 6.22. The van der Waals surface area contributed by atoms with Crippen molar-refractivity contribution in [1.82, 2.24) is 4.90 Å². The third-order valence-electron chi connectivity index (χ3n) is 7.10. The Kier molecular flexibility index (Phi) is 4.28. The molecule has 1 saturated carbocycles. The summed E-state index contributed by atoms with van der Waals surface area (Å²) in [6.07, 6.45) is -2.26. The van der Waals surface area contributed by atoms with Crippen LogP contribution in [0.4, 0.5) is 13.2 Å². The molecule has 1 N–H and O–H groups in total. The van der Waals surface area contributed by atoms with Gasteiger partial charge in [-0.3, -0.25) is 9.59 Å². The van der Waals surface area contributed by atoms with Crippen molar-refractivity contribution >= 4 is 11.7 Å². The number of Topliss-reactive ketones (excluding diaryl/α,β-unsaturated/α-hetero) is 1. The van der Waals surface area contributed by atoms with Crippen molar-refractivity contribution in [1.29, 1.82) is 0 Å². The molecule has 4 rings (SSSR count). The van der Waals surface area contributed by atoms with Crippen LogP contribution >= 0.6 is 0 Å². The topological polar surface area (TPSA) is 57.6 Å². The molecule has 2 fully saturated rings. The van der Waals surface area contributed by atoms with Gasteiger partial charge in [0, 0.05) is 30.5 Å². The van der Waals surface area contributed by atoms with Crippen LogP contribution in [0.3, 0.4) is 0 Å². The molecule has 3 atom stereocenters. The number of carbonyl (C=O) groups is 2. The molecule has 1 amide bonds. The van der Waals surface area contributed by atoms with Crippen molar-refractivity contribution in [3.05, 3.63) is 28.8 Å². The highest BCUT2D eigenvalue weighted by atomic mass is 19.4. The number of benzene rings is 1. The smallest absolute Gasteiger partial charge is 0.471 e. The first kappa shape index (κ1) is 19.3. The highest BCUT2D eigenvalue weighted by Gasteiger charge is 2.54. The molecule has 152 valence electrons. The molecule has 4 nitrogen and oxygen atoms in total. The van der Waals surface area contributed by atoms with Crippen molar-refractivity contribution in [2.75, 3.05) is 6.54 Å². The number of likely N-dealkylation sites (tertiary alicyclic amines) is 1. The maximum Gasteiger partial charge on any atom is 0.471 e. The van der Waals surface area contributed by atoms with Gasteiger partial charge in [-0.1, -0.05) is 19.9 Å². The average molecular weight is 395 g/mol. The van der Waals surface area contributed by atoms with Gasteiger partial charge < -0.3 is 10.0 Å². The zero-order valence-electron chi connectivity index (χ0n) is 16.0. The van der Waals surface area contributed by atoms with Crippen LogP contribution in [0, 0.1) is 11.8 Å². The van der Waals surface area contributed by atoms with Gasteiger partial charge in [-0.25, -0.2) is 0 Å². The van der Waals surface area contributed by atoms with E-state index < -0.39 is 23.5 Å². The number of hydrogen-bond donors (Lipinski definition) is 1. The van der Waals surface area contributed by atoms with E-state index >= 15 is 0 Å². The average Bonchev–Trinajstić information content (AvgIpc) is 3.44. The summed E-state index contributed by atoms with van der Waals surface area (Å²) in [4.78, 5) is 25.1. The molecular weight excluding hydrogens is 371 g/mol. The van der Waals surface area contributed by atoms with Gasteiger partial charge >= 0.3 is 12.1 Å². The van der Waals surface area contributed by atoms with E-state index in [2.05, 4.69) is 0 Å². The Hall–Kier alpha value is -2.05. The second-order valence-corrected chi connectivity index (χ2v) is 8.78. The number of rotatable bonds is 3. The first-order valence-corrected chi connectivity index (χ1v) is 9.78. The number of hydrogen-bond acceptors (Lipinski definition) is 3. The molecule has 3 aliphatic rings. The highest BCUT2D eigenvalue weighted by molar-refractivity contribution is 5.86. The van der Waals surface area contributed by atoms with Crippen LogP contribution in [0.1, 0.15) is 49.8 Å². The van der Waals surface area contributed by atoms with Gasteiger partial charge in [0.25, 0.3) is 0 Å². The number of fused-ring (bicyclic) bond motifs is 4. The number of halogens is 3. The summed E-state index contributed by atoms with van der Waals surface area (Å²) in [5.41, 5.74) is 1.87. The summed E-state index contributed by atoms with van der Waals surface area (Å²) >= 11 is 0. The molecule has 0 unspecified atom stereocenters. The minimum atomic E-state index is -4.88. The van der Waals surface area contributed by atoms with Gasteiger partial charge in [-0.15, -0.1) is 0 Å². The molecule has 2 aliphatic carbocycles. The molecule has 1 heterocycles. The minimum absolute atomic E-state index is 0.0476. The number of carbonyl (C=O) groups excluding carboxylic acids is 2. The predicted molar refractivity (Wildman–Crippen MR) is 95.9 cm³/mol. The summed E-state index contributed by atoms with van der Waals surface area (Å²) in [7, 11) is 0. The number of alkyl halides is 3. The number of phenolic OH excluding ortho intramolecular Hbond substituents is 1. The van der Waals surface area contributed by atoms with Crippen molar-refractivity contribution < 1.29 is 27.9 Å². The van der Waals surface area contributed by atoms with Crippen LogP contribution in [0.2, 0.25) is 0 Å². The van der Waals surface area contributed by atoms with Crippen LogP contribution in [-0.2, 0) is 27.8 Å². The molecule has 1 saturated heterocycles. The zero-order chi connectivity index (χ0) is 20.4. The monoisotopic (exact) mass is 395 g/mol. The summed E-state index contributed by atoms with van der Waals surface area (Å²) in [5.74, 6) is -1.70. The Bertz CT molecular complexity index is 846. The normalized spacial score (nSPS) is 29.4. The first-order chi connectivity index (χ1) is 13.0. The van der Waals surface area contributed by atoms with E-state index in [1.807, 2.05) is 13.8 Å². The Morgan fingerprint density at radius 3 is 2.57 bits per heavy atom. The molecule has 1 aromatic rings. The number of nitrogens with zero attached hydrogens (tertiary/aromatic N) is 1. The summed E-state index contributed by atoms with van der Waals surface area (Å²) in [6, 6.07) is 2.92. The van der Waals surface area contributed by atoms with E-state index in [0.717, 1.165) is 28.9 Å². The largest absolute Gasteiger partial charge is 0.508 e. The molecule has 1 aromatic carbocycles. The van der Waals surface area contributed by atoms with Gasteiger partial charge in [0.15, 0.2) is 0 Å². The van der Waals surface area contributed by atoms with E-state index in [4.69, 9.17) is 0 Å². The Labute approximate surface area is 161 Å². The maximum atomic E-state index is 13.1. The predicted octanol–water partition coefficient (Wildman–Crippen LogP) is 3.53. The lowest BCUT2D eigenvalue weighted by molar-refractivity contribution is -0.192. The molecule has 7 heteroatoms. The van der Waals surface area contributed by atoms with Crippen LogP contribution in [0.5, 0.6) is 5.75 Å². The number of aromatic hydroxyl groups is 1. The molecule has 1 aliphatic heterocycles. The molecule has 0 aromatic heterocycles.